The molecule has 1 unspecified atom stereocenters. The smallest absolute Gasteiger partial charge is 0.317 e. The molecule has 0 saturated heterocycles. The summed E-state index contributed by atoms with van der Waals surface area (Å²) >= 11 is 0. The number of aromatic nitrogens is 2. The second-order valence-corrected chi connectivity index (χ2v) is 3.40. The van der Waals surface area contributed by atoms with Crippen LogP contribution in [0, 0.1) is 0 Å². The molecule has 6 heteroatoms. The molecule has 1 heterocycles. The van der Waals surface area contributed by atoms with E-state index in [-0.39, 0.29) is 12.6 Å². The van der Waals surface area contributed by atoms with Gasteiger partial charge in [0.15, 0.2) is 5.82 Å². The zero-order valence-corrected chi connectivity index (χ0v) is 8.88. The molecule has 1 N–H and O–H groups in total. The third-order valence-corrected chi connectivity index (χ3v) is 2.30. The Morgan fingerprint density at radius 1 is 1.73 bits per heavy atom. The van der Waals surface area contributed by atoms with E-state index in [0.29, 0.717) is 12.4 Å². The first kappa shape index (κ1) is 11.6. The van der Waals surface area contributed by atoms with Crippen LogP contribution in [0.4, 0.5) is 0 Å². The van der Waals surface area contributed by atoms with Gasteiger partial charge in [-0.1, -0.05) is 12.1 Å². The fourth-order valence-corrected chi connectivity index (χ4v) is 1.24. The summed E-state index contributed by atoms with van der Waals surface area (Å²) < 4.78 is 4.60. The van der Waals surface area contributed by atoms with Crippen LogP contribution in [0.3, 0.4) is 0 Å². The number of carbonyl (C=O) groups is 1. The molecular weight excluding hydrogens is 198 g/mol. The van der Waals surface area contributed by atoms with E-state index in [9.17, 15) is 4.79 Å². The molecule has 0 aromatic carbocycles. The average molecular weight is 213 g/mol. The molecule has 0 radical (unpaired) electrons. The van der Waals surface area contributed by atoms with Crippen molar-refractivity contribution in [3.05, 3.63) is 12.2 Å². The van der Waals surface area contributed by atoms with Crippen LogP contribution < -0.4 is 0 Å². The Morgan fingerprint density at radius 3 is 2.93 bits per heavy atom. The summed E-state index contributed by atoms with van der Waals surface area (Å²) in [5, 5.41) is 12.4. The van der Waals surface area contributed by atoms with Crippen molar-refractivity contribution in [1.29, 1.82) is 0 Å². The molecule has 1 aromatic rings. The number of hydrogen-bond acceptors (Lipinski definition) is 5. The number of hydrogen-bond donors (Lipinski definition) is 1. The van der Waals surface area contributed by atoms with Gasteiger partial charge in [0.05, 0.1) is 13.1 Å². The minimum atomic E-state index is -0.848. The topological polar surface area (TPSA) is 79.5 Å². The van der Waals surface area contributed by atoms with Gasteiger partial charge in [-0.25, -0.2) is 0 Å². The third kappa shape index (κ3) is 3.67. The van der Waals surface area contributed by atoms with Crippen LogP contribution in [0.2, 0.25) is 0 Å². The van der Waals surface area contributed by atoms with Crippen LogP contribution in [0.15, 0.2) is 10.9 Å². The fraction of sp³-hybridized carbons (Fsp3) is 0.667. The zero-order valence-electron chi connectivity index (χ0n) is 8.88. The molecule has 0 fully saturated rings. The van der Waals surface area contributed by atoms with Crippen LogP contribution in [0.1, 0.15) is 26.1 Å². The molecule has 1 rings (SSSR count). The van der Waals surface area contributed by atoms with Gasteiger partial charge < -0.3 is 9.63 Å². The Morgan fingerprint density at radius 2 is 2.47 bits per heavy atom. The van der Waals surface area contributed by atoms with Crippen molar-refractivity contribution in [2.24, 2.45) is 0 Å². The Labute approximate surface area is 87.9 Å². The molecular formula is C9H15N3O3. The Bertz CT molecular complexity index is 300. The molecule has 6 nitrogen and oxygen atoms in total. The predicted molar refractivity (Wildman–Crippen MR) is 52.1 cm³/mol. The molecule has 0 bridgehead atoms. The van der Waals surface area contributed by atoms with E-state index in [4.69, 9.17) is 5.11 Å². The molecule has 1 aromatic heterocycles. The van der Waals surface area contributed by atoms with E-state index >= 15 is 0 Å². The van der Waals surface area contributed by atoms with Crippen molar-refractivity contribution in [2.45, 2.75) is 32.9 Å². The standard InChI is InChI=1S/C9H15N3O3/c1-3-7(2)12(5-9(13)14)4-8-10-6-15-11-8/h6-7H,3-5H2,1-2H3,(H,13,14). The van der Waals surface area contributed by atoms with Gasteiger partial charge in [0.1, 0.15) is 0 Å². The highest BCUT2D eigenvalue weighted by Crippen LogP contribution is 2.07. The van der Waals surface area contributed by atoms with Crippen LogP contribution >= 0.6 is 0 Å². The van der Waals surface area contributed by atoms with Gasteiger partial charge in [0.2, 0.25) is 6.39 Å². The largest absolute Gasteiger partial charge is 0.480 e. The van der Waals surface area contributed by atoms with Gasteiger partial charge in [-0.05, 0) is 13.3 Å². The van der Waals surface area contributed by atoms with Crippen molar-refractivity contribution in [1.82, 2.24) is 15.0 Å². The van der Waals surface area contributed by atoms with Gasteiger partial charge in [-0.3, -0.25) is 9.69 Å². The van der Waals surface area contributed by atoms with E-state index in [1.54, 1.807) is 4.90 Å². The summed E-state index contributed by atoms with van der Waals surface area (Å²) in [4.78, 5) is 16.3. The van der Waals surface area contributed by atoms with Gasteiger partial charge in [-0.15, -0.1) is 0 Å². The maximum absolute atomic E-state index is 10.7. The molecule has 0 aliphatic carbocycles. The van der Waals surface area contributed by atoms with Crippen LogP contribution in [-0.2, 0) is 11.3 Å². The van der Waals surface area contributed by atoms with E-state index < -0.39 is 5.97 Å². The second-order valence-electron chi connectivity index (χ2n) is 3.40. The molecule has 84 valence electrons. The van der Waals surface area contributed by atoms with Gasteiger partial charge >= 0.3 is 5.97 Å². The average Bonchev–Trinajstić information content (AvgIpc) is 2.67. The fourth-order valence-electron chi connectivity index (χ4n) is 1.24. The quantitative estimate of drug-likeness (QED) is 0.751. The minimum absolute atomic E-state index is 0.0104. The molecule has 15 heavy (non-hydrogen) atoms. The molecule has 0 saturated carbocycles. The predicted octanol–water partition coefficient (Wildman–Crippen LogP) is 0.755. The van der Waals surface area contributed by atoms with Crippen LogP contribution in [0.5, 0.6) is 0 Å². The van der Waals surface area contributed by atoms with E-state index in [2.05, 4.69) is 14.7 Å². The summed E-state index contributed by atoms with van der Waals surface area (Å²) in [6.45, 7) is 4.38. The maximum Gasteiger partial charge on any atom is 0.317 e. The Kier molecular flexibility index (Phi) is 4.23. The third-order valence-electron chi connectivity index (χ3n) is 2.30. The van der Waals surface area contributed by atoms with Gasteiger partial charge in [0.25, 0.3) is 0 Å². The SMILES string of the molecule is CCC(C)N(CC(=O)O)Cc1ncon1. The molecule has 0 aliphatic heterocycles. The first-order chi connectivity index (χ1) is 7.13. The Balaban J connectivity index is 2.60. The first-order valence-electron chi connectivity index (χ1n) is 4.84. The lowest BCUT2D eigenvalue weighted by Crippen LogP contribution is -2.36. The van der Waals surface area contributed by atoms with Crippen LogP contribution in [0.25, 0.3) is 0 Å². The molecule has 0 spiro atoms. The lowest BCUT2D eigenvalue weighted by Gasteiger charge is -2.24. The Hall–Kier alpha value is -1.43. The van der Waals surface area contributed by atoms with E-state index in [1.807, 2.05) is 13.8 Å². The number of aliphatic carboxylic acids is 1. The normalized spacial score (nSPS) is 13.0. The highest BCUT2D eigenvalue weighted by molar-refractivity contribution is 5.69. The number of nitrogens with zero attached hydrogens (tertiary/aromatic N) is 3. The summed E-state index contributed by atoms with van der Waals surface area (Å²) in [5.74, 6) is -0.338. The van der Waals surface area contributed by atoms with Crippen molar-refractivity contribution >= 4 is 5.97 Å². The highest BCUT2D eigenvalue weighted by atomic mass is 16.5. The zero-order chi connectivity index (χ0) is 11.3. The first-order valence-corrected chi connectivity index (χ1v) is 4.84. The second kappa shape index (κ2) is 5.45. The molecule has 0 amide bonds. The van der Waals surface area contributed by atoms with Crippen molar-refractivity contribution in [3.63, 3.8) is 0 Å². The van der Waals surface area contributed by atoms with Gasteiger partial charge in [-0.2, -0.15) is 4.98 Å². The van der Waals surface area contributed by atoms with Gasteiger partial charge in [0, 0.05) is 6.04 Å². The van der Waals surface area contributed by atoms with Crippen LogP contribution in [-0.4, -0.2) is 38.7 Å². The van der Waals surface area contributed by atoms with Crippen molar-refractivity contribution in [2.75, 3.05) is 6.54 Å². The number of carboxylic acid groups (broad SMARTS) is 1. The molecule has 0 aliphatic rings. The summed E-state index contributed by atoms with van der Waals surface area (Å²) in [6.07, 6.45) is 2.12. The molecule has 1 atom stereocenters. The summed E-state index contributed by atoms with van der Waals surface area (Å²) in [7, 11) is 0. The highest BCUT2D eigenvalue weighted by Gasteiger charge is 2.17. The number of rotatable bonds is 6. The van der Waals surface area contributed by atoms with Crippen molar-refractivity contribution < 1.29 is 14.4 Å². The lowest BCUT2D eigenvalue weighted by molar-refractivity contribution is -0.139. The summed E-state index contributed by atoms with van der Waals surface area (Å²) in [6, 6.07) is 0.180. The van der Waals surface area contributed by atoms with Crippen molar-refractivity contribution in [3.8, 4) is 0 Å². The van der Waals surface area contributed by atoms with E-state index in [0.717, 1.165) is 6.42 Å². The minimum Gasteiger partial charge on any atom is -0.480 e. The van der Waals surface area contributed by atoms with E-state index in [1.165, 1.54) is 6.39 Å². The summed E-state index contributed by atoms with van der Waals surface area (Å²) in [5.41, 5.74) is 0. The monoisotopic (exact) mass is 213 g/mol. The lowest BCUT2D eigenvalue weighted by atomic mass is 10.2. The maximum atomic E-state index is 10.7. The number of carboxylic acids is 1.